The van der Waals surface area contributed by atoms with Crippen LogP contribution in [-0.4, -0.2) is 49.8 Å². The van der Waals surface area contributed by atoms with Crippen LogP contribution in [0.4, 0.5) is 0 Å². The first-order valence-electron chi connectivity index (χ1n) is 9.79. The van der Waals surface area contributed by atoms with Crippen molar-refractivity contribution in [1.82, 2.24) is 25.1 Å². The molecule has 1 aliphatic heterocycles. The number of likely N-dealkylation sites (tertiary alicyclic amines) is 1. The Morgan fingerprint density at radius 3 is 2.93 bits per heavy atom. The maximum atomic E-state index is 12.7. The van der Waals surface area contributed by atoms with E-state index in [1.165, 1.54) is 43.9 Å². The summed E-state index contributed by atoms with van der Waals surface area (Å²) >= 11 is 1.38. The second-order valence-electron chi connectivity index (χ2n) is 7.68. The van der Waals surface area contributed by atoms with Gasteiger partial charge in [0.25, 0.3) is 0 Å². The molecule has 2 atom stereocenters. The number of hydrogen-bond donors (Lipinski definition) is 1. The van der Waals surface area contributed by atoms with Gasteiger partial charge in [-0.25, -0.2) is 4.98 Å². The Bertz CT molecular complexity index is 987. The Morgan fingerprint density at radius 1 is 1.15 bits per heavy atom. The van der Waals surface area contributed by atoms with Crippen LogP contribution in [0.15, 0.2) is 29.4 Å². The summed E-state index contributed by atoms with van der Waals surface area (Å²) in [4.78, 5) is 22.6. The van der Waals surface area contributed by atoms with Crippen molar-refractivity contribution in [1.29, 1.82) is 0 Å². The SMILES string of the molecule is O=C(CSc1nnc2c(n1)[nH]c1ccccc12)N1CC[C@@H]2CCCC[C@H]2C1. The molecule has 0 radical (unpaired) electrons. The van der Waals surface area contributed by atoms with Gasteiger partial charge in [0.1, 0.15) is 5.52 Å². The van der Waals surface area contributed by atoms with Crippen LogP contribution in [0.3, 0.4) is 0 Å². The quantitative estimate of drug-likeness (QED) is 0.701. The molecule has 7 heteroatoms. The van der Waals surface area contributed by atoms with Crippen LogP contribution >= 0.6 is 11.8 Å². The largest absolute Gasteiger partial charge is 0.342 e. The van der Waals surface area contributed by atoms with Crippen molar-refractivity contribution in [2.45, 2.75) is 37.3 Å². The molecule has 1 aliphatic carbocycles. The lowest BCUT2D eigenvalue weighted by Gasteiger charge is -2.41. The Hall–Kier alpha value is -2.15. The Balaban J connectivity index is 1.25. The summed E-state index contributed by atoms with van der Waals surface area (Å²) in [6.07, 6.45) is 6.49. The summed E-state index contributed by atoms with van der Waals surface area (Å²) in [5, 5.41) is 10.1. The first-order valence-corrected chi connectivity index (χ1v) is 10.8. The molecule has 2 fully saturated rings. The number of aromatic nitrogens is 4. The van der Waals surface area contributed by atoms with Crippen molar-refractivity contribution >= 4 is 39.7 Å². The normalized spacial score (nSPS) is 22.9. The molecule has 0 bridgehead atoms. The number of piperidine rings is 1. The lowest BCUT2D eigenvalue weighted by atomic mass is 9.75. The lowest BCUT2D eigenvalue weighted by Crippen LogP contribution is -2.45. The third-order valence-electron chi connectivity index (χ3n) is 6.07. The van der Waals surface area contributed by atoms with Gasteiger partial charge in [0.05, 0.1) is 5.75 Å². The summed E-state index contributed by atoms with van der Waals surface area (Å²) in [6, 6.07) is 7.97. The molecule has 0 spiro atoms. The van der Waals surface area contributed by atoms with Crippen LogP contribution in [0.25, 0.3) is 22.1 Å². The number of carbonyl (C=O) groups excluding carboxylic acids is 1. The van der Waals surface area contributed by atoms with E-state index in [1.54, 1.807) is 0 Å². The highest BCUT2D eigenvalue weighted by Crippen LogP contribution is 2.36. The van der Waals surface area contributed by atoms with Gasteiger partial charge in [-0.15, -0.1) is 10.2 Å². The second-order valence-corrected chi connectivity index (χ2v) is 8.63. The fourth-order valence-corrected chi connectivity index (χ4v) is 5.30. The molecule has 1 saturated carbocycles. The van der Waals surface area contributed by atoms with Gasteiger partial charge in [-0.2, -0.15) is 0 Å². The van der Waals surface area contributed by atoms with Gasteiger partial charge in [0.15, 0.2) is 5.65 Å². The number of nitrogens with zero attached hydrogens (tertiary/aromatic N) is 4. The third kappa shape index (κ3) is 3.29. The number of benzene rings is 1. The monoisotopic (exact) mass is 381 g/mol. The Labute approximate surface area is 162 Å². The van der Waals surface area contributed by atoms with Crippen molar-refractivity contribution in [3.63, 3.8) is 0 Å². The number of aromatic amines is 1. The topological polar surface area (TPSA) is 74.8 Å². The number of para-hydroxylation sites is 1. The van der Waals surface area contributed by atoms with E-state index in [9.17, 15) is 4.79 Å². The maximum absolute atomic E-state index is 12.7. The fraction of sp³-hybridized carbons (Fsp3) is 0.500. The van der Waals surface area contributed by atoms with Crippen molar-refractivity contribution in [2.75, 3.05) is 18.8 Å². The van der Waals surface area contributed by atoms with Crippen LogP contribution in [-0.2, 0) is 4.79 Å². The van der Waals surface area contributed by atoms with Crippen LogP contribution in [0.1, 0.15) is 32.1 Å². The average Bonchev–Trinajstić information content (AvgIpc) is 3.09. The van der Waals surface area contributed by atoms with E-state index in [0.717, 1.165) is 41.1 Å². The van der Waals surface area contributed by atoms with Crippen molar-refractivity contribution < 1.29 is 4.79 Å². The summed E-state index contributed by atoms with van der Waals surface area (Å²) in [6.45, 7) is 1.84. The van der Waals surface area contributed by atoms with Crippen molar-refractivity contribution in [3.05, 3.63) is 24.3 Å². The minimum atomic E-state index is 0.198. The van der Waals surface area contributed by atoms with E-state index < -0.39 is 0 Å². The molecular formula is C20H23N5OS. The number of amides is 1. The van der Waals surface area contributed by atoms with E-state index in [-0.39, 0.29) is 5.91 Å². The number of thioether (sulfide) groups is 1. The zero-order valence-electron chi connectivity index (χ0n) is 15.2. The number of hydrogen-bond acceptors (Lipinski definition) is 5. The minimum Gasteiger partial charge on any atom is -0.342 e. The molecule has 1 amide bonds. The van der Waals surface area contributed by atoms with Gasteiger partial charge in [0, 0.05) is 24.0 Å². The predicted molar refractivity (Wildman–Crippen MR) is 107 cm³/mol. The zero-order chi connectivity index (χ0) is 18.2. The van der Waals surface area contributed by atoms with E-state index in [1.807, 2.05) is 29.2 Å². The van der Waals surface area contributed by atoms with Crippen molar-refractivity contribution in [2.24, 2.45) is 11.8 Å². The lowest BCUT2D eigenvalue weighted by molar-refractivity contribution is -0.131. The summed E-state index contributed by atoms with van der Waals surface area (Å²) < 4.78 is 0. The molecule has 2 aromatic heterocycles. The number of H-pyrrole nitrogens is 1. The van der Waals surface area contributed by atoms with Crippen LogP contribution < -0.4 is 0 Å². The number of carbonyl (C=O) groups is 1. The standard InChI is InChI=1S/C20H23N5OS/c26-17(25-10-9-13-5-1-2-6-14(13)11-25)12-27-20-22-19-18(23-24-20)15-7-3-4-8-16(15)21-19/h3-4,7-8,13-14H,1-2,5-6,9-12H2,(H,21,22,24)/t13-,14-/m0/s1. The number of nitrogens with one attached hydrogen (secondary N) is 1. The van der Waals surface area contributed by atoms with E-state index in [4.69, 9.17) is 0 Å². The number of fused-ring (bicyclic) bond motifs is 4. The molecular weight excluding hydrogens is 358 g/mol. The summed E-state index contributed by atoms with van der Waals surface area (Å²) in [5.74, 6) is 2.13. The molecule has 2 aliphatic rings. The first kappa shape index (κ1) is 17.0. The predicted octanol–water partition coefficient (Wildman–Crippen LogP) is 3.64. The molecule has 140 valence electrons. The van der Waals surface area contributed by atoms with Gasteiger partial charge >= 0.3 is 0 Å². The van der Waals surface area contributed by atoms with Crippen LogP contribution in [0.2, 0.25) is 0 Å². The van der Waals surface area contributed by atoms with Gasteiger partial charge in [-0.3, -0.25) is 4.79 Å². The highest BCUT2D eigenvalue weighted by molar-refractivity contribution is 7.99. The van der Waals surface area contributed by atoms with Crippen LogP contribution in [0.5, 0.6) is 0 Å². The molecule has 0 unspecified atom stereocenters. The molecule has 5 rings (SSSR count). The molecule has 3 aromatic rings. The molecule has 3 heterocycles. The highest BCUT2D eigenvalue weighted by atomic mass is 32.2. The van der Waals surface area contributed by atoms with E-state index >= 15 is 0 Å². The molecule has 1 aromatic carbocycles. The first-order chi connectivity index (χ1) is 13.3. The van der Waals surface area contributed by atoms with Gasteiger partial charge in [-0.05, 0) is 30.7 Å². The van der Waals surface area contributed by atoms with Crippen molar-refractivity contribution in [3.8, 4) is 0 Å². The fourth-order valence-electron chi connectivity index (χ4n) is 4.61. The highest BCUT2D eigenvalue weighted by Gasteiger charge is 2.32. The van der Waals surface area contributed by atoms with E-state index in [2.05, 4.69) is 20.2 Å². The summed E-state index contributed by atoms with van der Waals surface area (Å²) in [5.41, 5.74) is 2.51. The van der Waals surface area contributed by atoms with Gasteiger partial charge in [-0.1, -0.05) is 49.2 Å². The number of rotatable bonds is 3. The Kier molecular flexibility index (Phi) is 4.47. The maximum Gasteiger partial charge on any atom is 0.233 e. The van der Waals surface area contributed by atoms with Gasteiger partial charge < -0.3 is 9.88 Å². The van der Waals surface area contributed by atoms with Gasteiger partial charge in [0.2, 0.25) is 11.1 Å². The molecule has 1 N–H and O–H groups in total. The van der Waals surface area contributed by atoms with Crippen LogP contribution in [0, 0.1) is 11.8 Å². The van der Waals surface area contributed by atoms with E-state index in [0.29, 0.717) is 16.8 Å². The molecule has 27 heavy (non-hydrogen) atoms. The zero-order valence-corrected chi connectivity index (χ0v) is 16.0. The summed E-state index contributed by atoms with van der Waals surface area (Å²) in [7, 11) is 0. The average molecular weight is 382 g/mol. The third-order valence-corrected chi connectivity index (χ3v) is 6.89. The smallest absolute Gasteiger partial charge is 0.233 e. The Morgan fingerprint density at radius 2 is 2.00 bits per heavy atom. The molecule has 1 saturated heterocycles. The molecule has 6 nitrogen and oxygen atoms in total. The second kappa shape index (κ2) is 7.11. The minimum absolute atomic E-state index is 0.198.